The average molecular weight is 609 g/mol. The molecular formula is C28H29ClF4N6O3. The number of aromatic amines is 1. The van der Waals surface area contributed by atoms with Crippen molar-refractivity contribution >= 4 is 29.1 Å². The fourth-order valence-electron chi connectivity index (χ4n) is 5.08. The molecule has 9 nitrogen and oxygen atoms in total. The van der Waals surface area contributed by atoms with Crippen molar-refractivity contribution in [2.24, 2.45) is 5.92 Å². The molecule has 2 fully saturated rings. The van der Waals surface area contributed by atoms with Gasteiger partial charge in [0.1, 0.15) is 0 Å². The van der Waals surface area contributed by atoms with Gasteiger partial charge in [-0.05, 0) is 42.7 Å². The monoisotopic (exact) mass is 608 g/mol. The van der Waals surface area contributed by atoms with Crippen molar-refractivity contribution in [2.45, 2.75) is 26.0 Å². The molecule has 1 aromatic heterocycles. The number of H-pyrrole nitrogens is 1. The lowest BCUT2D eigenvalue weighted by Crippen LogP contribution is -2.63. The van der Waals surface area contributed by atoms with Gasteiger partial charge in [0.15, 0.2) is 17.4 Å². The van der Waals surface area contributed by atoms with Crippen molar-refractivity contribution in [3.05, 3.63) is 75.8 Å². The number of carbonyl (C=O) groups excluding carboxylic acids is 2. The Morgan fingerprint density at radius 3 is 2.60 bits per heavy atom. The number of hydrogen-bond donors (Lipinski definition) is 3. The zero-order valence-corrected chi connectivity index (χ0v) is 23.4. The second-order valence-corrected chi connectivity index (χ2v) is 10.7. The van der Waals surface area contributed by atoms with Crippen LogP contribution in [0.15, 0.2) is 36.5 Å². The molecule has 3 N–H and O–H groups in total. The van der Waals surface area contributed by atoms with Gasteiger partial charge in [0, 0.05) is 63.3 Å². The van der Waals surface area contributed by atoms with Crippen LogP contribution in [0.5, 0.6) is 5.75 Å². The normalized spacial score (nSPS) is 15.8. The number of anilines is 1. The van der Waals surface area contributed by atoms with Gasteiger partial charge in [-0.15, -0.1) is 0 Å². The number of likely N-dealkylation sites (N-methyl/N-ethyl adjacent to an activating group) is 1. The molecule has 2 amide bonds. The first-order valence-corrected chi connectivity index (χ1v) is 13.8. The lowest BCUT2D eigenvalue weighted by atomic mass is 9.98. The SMILES string of the molecule is CCN(C(=O)c1ccc(NC(=O)c2ncc(Cc3ccc(OC(F)F)c(F)c3F)[nH]2)cc1Cl)C1CN(CC2CNC2)C1. The number of likely N-dealkylation sites (tertiary alicyclic amines) is 1. The molecular weight excluding hydrogens is 580 g/mol. The fourth-order valence-corrected chi connectivity index (χ4v) is 5.34. The summed E-state index contributed by atoms with van der Waals surface area (Å²) in [5, 5.41) is 6.09. The summed E-state index contributed by atoms with van der Waals surface area (Å²) >= 11 is 6.45. The maximum atomic E-state index is 14.3. The smallest absolute Gasteiger partial charge is 0.387 e. The number of halogens is 5. The number of rotatable bonds is 11. The summed E-state index contributed by atoms with van der Waals surface area (Å²) in [5.41, 5.74) is 0.786. The lowest BCUT2D eigenvalue weighted by Gasteiger charge is -2.47. The molecule has 0 aliphatic carbocycles. The molecule has 0 unspecified atom stereocenters. The Bertz CT molecular complexity index is 1460. The summed E-state index contributed by atoms with van der Waals surface area (Å²) in [6.07, 6.45) is 1.08. The highest BCUT2D eigenvalue weighted by atomic mass is 35.5. The summed E-state index contributed by atoms with van der Waals surface area (Å²) < 4.78 is 57.0. The third kappa shape index (κ3) is 6.53. The van der Waals surface area contributed by atoms with Gasteiger partial charge < -0.3 is 25.3 Å². The Balaban J connectivity index is 1.18. The topological polar surface area (TPSA) is 103 Å². The van der Waals surface area contributed by atoms with Crippen molar-refractivity contribution in [2.75, 3.05) is 44.6 Å². The number of alkyl halides is 2. The van der Waals surface area contributed by atoms with E-state index < -0.39 is 29.9 Å². The van der Waals surface area contributed by atoms with E-state index in [1.54, 1.807) is 12.1 Å². The minimum absolute atomic E-state index is 0.107. The molecule has 0 atom stereocenters. The number of ether oxygens (including phenoxy) is 1. The first-order chi connectivity index (χ1) is 20.1. The molecule has 3 aromatic rings. The number of nitrogens with one attached hydrogen (secondary N) is 3. The van der Waals surface area contributed by atoms with Crippen LogP contribution >= 0.6 is 11.6 Å². The molecule has 0 spiro atoms. The van der Waals surface area contributed by atoms with E-state index in [-0.39, 0.29) is 40.5 Å². The molecule has 0 radical (unpaired) electrons. The fraction of sp³-hybridized carbons (Fsp3) is 0.393. The largest absolute Gasteiger partial charge is 0.432 e. The third-order valence-corrected chi connectivity index (χ3v) is 7.70. The van der Waals surface area contributed by atoms with Gasteiger partial charge >= 0.3 is 6.61 Å². The van der Waals surface area contributed by atoms with E-state index in [0.717, 1.165) is 44.9 Å². The molecule has 224 valence electrons. The van der Waals surface area contributed by atoms with Crippen LogP contribution in [-0.4, -0.2) is 83.5 Å². The van der Waals surface area contributed by atoms with E-state index in [4.69, 9.17) is 11.6 Å². The van der Waals surface area contributed by atoms with Gasteiger partial charge in [-0.25, -0.2) is 9.37 Å². The minimum Gasteiger partial charge on any atom is -0.432 e. The van der Waals surface area contributed by atoms with Crippen molar-refractivity contribution < 1.29 is 31.9 Å². The van der Waals surface area contributed by atoms with Crippen LogP contribution in [-0.2, 0) is 6.42 Å². The molecule has 0 saturated carbocycles. The third-order valence-electron chi connectivity index (χ3n) is 7.39. The van der Waals surface area contributed by atoms with E-state index in [1.165, 1.54) is 12.3 Å². The summed E-state index contributed by atoms with van der Waals surface area (Å²) in [4.78, 5) is 36.9. The number of aromatic nitrogens is 2. The van der Waals surface area contributed by atoms with Crippen molar-refractivity contribution in [3.63, 3.8) is 0 Å². The summed E-state index contributed by atoms with van der Waals surface area (Å²) in [6, 6.07) is 6.72. The van der Waals surface area contributed by atoms with Crippen LogP contribution in [0.1, 0.15) is 39.2 Å². The number of nitrogens with zero attached hydrogens (tertiary/aromatic N) is 3. The Morgan fingerprint density at radius 2 is 1.95 bits per heavy atom. The van der Waals surface area contributed by atoms with Crippen LogP contribution in [0.25, 0.3) is 0 Å². The molecule has 42 heavy (non-hydrogen) atoms. The summed E-state index contributed by atoms with van der Waals surface area (Å²) in [5.74, 6) is -4.04. The Hall–Kier alpha value is -3.68. The quantitative estimate of drug-likeness (QED) is 0.283. The standard InChI is InChI=1S/C28H29ClF4N6O3/c1-2-39(19-13-38(14-19)12-15-9-34-10-15)27(41)20-5-4-17(8-21(20)29)37-26(40)25-35-11-18(36-25)7-16-3-6-22(42-28(32)33)24(31)23(16)30/h3-6,8,11,15,19,28,34H,2,7,9-10,12-14H2,1H3,(H,35,36)(H,37,40). The second kappa shape index (κ2) is 12.7. The summed E-state index contributed by atoms with van der Waals surface area (Å²) in [6.45, 7) is 3.94. The zero-order valence-electron chi connectivity index (χ0n) is 22.6. The molecule has 2 aromatic carbocycles. The van der Waals surface area contributed by atoms with Gasteiger partial charge in [0.2, 0.25) is 5.82 Å². The van der Waals surface area contributed by atoms with Crippen LogP contribution in [0.4, 0.5) is 23.2 Å². The first-order valence-electron chi connectivity index (χ1n) is 13.4. The summed E-state index contributed by atoms with van der Waals surface area (Å²) in [7, 11) is 0. The molecule has 3 heterocycles. The first kappa shape index (κ1) is 29.8. The van der Waals surface area contributed by atoms with Gasteiger partial charge in [-0.1, -0.05) is 17.7 Å². The minimum atomic E-state index is -3.30. The number of carbonyl (C=O) groups is 2. The Morgan fingerprint density at radius 1 is 1.19 bits per heavy atom. The number of imidazole rings is 1. The van der Waals surface area contributed by atoms with Crippen molar-refractivity contribution in [1.82, 2.24) is 25.1 Å². The highest BCUT2D eigenvalue weighted by molar-refractivity contribution is 6.34. The molecule has 5 rings (SSSR count). The predicted octanol–water partition coefficient (Wildman–Crippen LogP) is 4.15. The molecule has 2 aliphatic rings. The highest BCUT2D eigenvalue weighted by Crippen LogP contribution is 2.27. The Kier molecular flexibility index (Phi) is 8.99. The van der Waals surface area contributed by atoms with Crippen LogP contribution < -0.4 is 15.4 Å². The molecule has 2 saturated heterocycles. The van der Waals surface area contributed by atoms with Gasteiger partial charge in [0.25, 0.3) is 11.8 Å². The predicted molar refractivity (Wildman–Crippen MR) is 147 cm³/mol. The van der Waals surface area contributed by atoms with E-state index in [1.807, 2.05) is 11.8 Å². The van der Waals surface area contributed by atoms with Crippen molar-refractivity contribution in [3.8, 4) is 5.75 Å². The van der Waals surface area contributed by atoms with Gasteiger partial charge in [0.05, 0.1) is 16.6 Å². The maximum Gasteiger partial charge on any atom is 0.387 e. The number of benzene rings is 2. The van der Waals surface area contributed by atoms with E-state index in [2.05, 4.69) is 30.2 Å². The number of amides is 2. The van der Waals surface area contributed by atoms with Gasteiger partial charge in [-0.2, -0.15) is 13.2 Å². The molecule has 0 bridgehead atoms. The van der Waals surface area contributed by atoms with Crippen LogP contribution in [0.2, 0.25) is 5.02 Å². The van der Waals surface area contributed by atoms with E-state index >= 15 is 0 Å². The Labute approximate surface area is 244 Å². The van der Waals surface area contributed by atoms with Gasteiger partial charge in [-0.3, -0.25) is 14.5 Å². The van der Waals surface area contributed by atoms with Crippen LogP contribution in [0, 0.1) is 17.6 Å². The highest BCUT2D eigenvalue weighted by Gasteiger charge is 2.36. The number of hydrogen-bond acceptors (Lipinski definition) is 6. The van der Waals surface area contributed by atoms with Crippen molar-refractivity contribution in [1.29, 1.82) is 0 Å². The molecule has 2 aliphatic heterocycles. The lowest BCUT2D eigenvalue weighted by molar-refractivity contribution is -0.0525. The van der Waals surface area contributed by atoms with E-state index in [0.29, 0.717) is 23.7 Å². The molecule has 14 heteroatoms. The van der Waals surface area contributed by atoms with E-state index in [9.17, 15) is 27.2 Å². The van der Waals surface area contributed by atoms with Crippen LogP contribution in [0.3, 0.4) is 0 Å². The maximum absolute atomic E-state index is 14.3. The zero-order chi connectivity index (χ0) is 30.0. The average Bonchev–Trinajstić information content (AvgIpc) is 3.37. The second-order valence-electron chi connectivity index (χ2n) is 10.3.